The molecule has 1 heterocycles. The summed E-state index contributed by atoms with van der Waals surface area (Å²) in [5.74, 6) is 0. The van der Waals surface area contributed by atoms with Crippen molar-refractivity contribution < 1.29 is 0 Å². The number of rotatable bonds is 4. The molecule has 0 saturated carbocycles. The van der Waals surface area contributed by atoms with Gasteiger partial charge >= 0.3 is 0 Å². The maximum atomic E-state index is 4.74. The summed E-state index contributed by atoms with van der Waals surface area (Å²) < 4.78 is 0. The van der Waals surface area contributed by atoms with Crippen molar-refractivity contribution in [2.24, 2.45) is 0 Å². The fourth-order valence-electron chi connectivity index (χ4n) is 2.41. The highest BCUT2D eigenvalue weighted by atomic mass is 32.1. The zero-order valence-electron chi connectivity index (χ0n) is 13.9. The normalized spacial score (nSPS) is 13.4. The Kier molecular flexibility index (Phi) is 4.84. The van der Waals surface area contributed by atoms with Gasteiger partial charge in [0.1, 0.15) is 0 Å². The van der Waals surface area contributed by atoms with Crippen molar-refractivity contribution in [3.05, 3.63) is 51.0 Å². The van der Waals surface area contributed by atoms with E-state index in [1.165, 1.54) is 21.7 Å². The van der Waals surface area contributed by atoms with Crippen molar-refractivity contribution in [3.8, 4) is 0 Å². The fraction of sp³-hybridized carbons (Fsp3) is 0.500. The summed E-state index contributed by atoms with van der Waals surface area (Å²) in [4.78, 5) is 4.74. The molecule has 0 radical (unpaired) electrons. The molecule has 1 unspecified atom stereocenters. The summed E-state index contributed by atoms with van der Waals surface area (Å²) in [6.07, 6.45) is 0. The second kappa shape index (κ2) is 6.29. The van der Waals surface area contributed by atoms with Crippen LogP contribution in [0.5, 0.6) is 0 Å². The minimum atomic E-state index is 0.141. The highest BCUT2D eigenvalue weighted by molar-refractivity contribution is 7.09. The highest BCUT2D eigenvalue weighted by Crippen LogP contribution is 2.26. The Bertz CT molecular complexity index is 608. The molecule has 0 spiro atoms. The summed E-state index contributed by atoms with van der Waals surface area (Å²) in [6.45, 7) is 14.0. The zero-order chi connectivity index (χ0) is 15.6. The van der Waals surface area contributed by atoms with Gasteiger partial charge in [-0.1, -0.05) is 44.5 Å². The van der Waals surface area contributed by atoms with E-state index >= 15 is 0 Å². The van der Waals surface area contributed by atoms with Gasteiger partial charge < -0.3 is 5.32 Å². The van der Waals surface area contributed by atoms with Gasteiger partial charge in [-0.2, -0.15) is 0 Å². The molecule has 114 valence electrons. The van der Waals surface area contributed by atoms with E-state index in [1.54, 1.807) is 11.3 Å². The summed E-state index contributed by atoms with van der Waals surface area (Å²) >= 11 is 1.76. The quantitative estimate of drug-likeness (QED) is 0.868. The van der Waals surface area contributed by atoms with Gasteiger partial charge in [-0.3, -0.25) is 0 Å². The molecule has 2 rings (SSSR count). The van der Waals surface area contributed by atoms with Crippen LogP contribution in [0.3, 0.4) is 0 Å². The van der Waals surface area contributed by atoms with E-state index in [2.05, 4.69) is 70.4 Å². The first-order valence-corrected chi connectivity index (χ1v) is 8.41. The number of hydrogen-bond acceptors (Lipinski definition) is 3. The third-order valence-electron chi connectivity index (χ3n) is 3.67. The molecule has 1 N–H and O–H groups in total. The van der Waals surface area contributed by atoms with E-state index < -0.39 is 0 Å². The van der Waals surface area contributed by atoms with Crippen LogP contribution in [-0.2, 0) is 12.0 Å². The predicted molar refractivity (Wildman–Crippen MR) is 92.0 cm³/mol. The number of thiazole rings is 1. The van der Waals surface area contributed by atoms with Crippen LogP contribution in [0.4, 0.5) is 0 Å². The second-order valence-corrected chi connectivity index (χ2v) is 7.71. The fourth-order valence-corrected chi connectivity index (χ4v) is 3.32. The largest absolute Gasteiger partial charge is 0.305 e. The van der Waals surface area contributed by atoms with Crippen LogP contribution in [-0.4, -0.2) is 4.98 Å². The summed E-state index contributed by atoms with van der Waals surface area (Å²) in [6, 6.07) is 6.99. The Balaban J connectivity index is 2.01. The van der Waals surface area contributed by atoms with Crippen molar-refractivity contribution in [2.45, 2.75) is 59.5 Å². The first kappa shape index (κ1) is 16.2. The lowest BCUT2D eigenvalue weighted by Gasteiger charge is -2.17. The van der Waals surface area contributed by atoms with Crippen molar-refractivity contribution in [3.63, 3.8) is 0 Å². The molecule has 0 bridgehead atoms. The molecule has 0 amide bonds. The Labute approximate surface area is 132 Å². The van der Waals surface area contributed by atoms with Gasteiger partial charge in [0.05, 0.1) is 10.7 Å². The predicted octanol–water partition coefficient (Wildman–Crippen LogP) is 4.91. The Hall–Kier alpha value is -1.19. The average Bonchev–Trinajstić information content (AvgIpc) is 2.84. The van der Waals surface area contributed by atoms with E-state index in [4.69, 9.17) is 4.98 Å². The summed E-state index contributed by atoms with van der Waals surface area (Å²) in [5.41, 5.74) is 5.32. The molecule has 0 aliphatic rings. The zero-order valence-corrected chi connectivity index (χ0v) is 14.8. The van der Waals surface area contributed by atoms with E-state index in [-0.39, 0.29) is 5.41 Å². The highest BCUT2D eigenvalue weighted by Gasteiger charge is 2.18. The monoisotopic (exact) mass is 302 g/mol. The number of aromatic nitrogens is 1. The third kappa shape index (κ3) is 4.14. The van der Waals surface area contributed by atoms with Crippen molar-refractivity contribution in [2.75, 3.05) is 0 Å². The van der Waals surface area contributed by atoms with Gasteiger partial charge in [0.2, 0.25) is 0 Å². The van der Waals surface area contributed by atoms with Crippen LogP contribution >= 0.6 is 11.3 Å². The minimum Gasteiger partial charge on any atom is -0.305 e. The van der Waals surface area contributed by atoms with Crippen LogP contribution in [0.25, 0.3) is 0 Å². The molecule has 21 heavy (non-hydrogen) atoms. The smallest absolute Gasteiger partial charge is 0.0982 e. The average molecular weight is 302 g/mol. The van der Waals surface area contributed by atoms with Gasteiger partial charge in [-0.15, -0.1) is 11.3 Å². The molecule has 0 saturated heterocycles. The van der Waals surface area contributed by atoms with Gasteiger partial charge in [0.25, 0.3) is 0 Å². The SMILES string of the molecule is Cc1ccc(C(C)NCc2csc(C(C)(C)C)n2)c(C)c1. The maximum absolute atomic E-state index is 4.74. The number of aryl methyl sites for hydroxylation is 2. The summed E-state index contributed by atoms with van der Waals surface area (Å²) in [5, 5.41) is 6.96. The van der Waals surface area contributed by atoms with Crippen LogP contribution in [0.1, 0.15) is 61.1 Å². The Morgan fingerprint density at radius 1 is 1.24 bits per heavy atom. The number of nitrogens with one attached hydrogen (secondary N) is 1. The molecule has 3 heteroatoms. The first-order valence-electron chi connectivity index (χ1n) is 7.53. The van der Waals surface area contributed by atoms with Crippen molar-refractivity contribution in [1.82, 2.24) is 10.3 Å². The van der Waals surface area contributed by atoms with Crippen LogP contribution in [0.2, 0.25) is 0 Å². The van der Waals surface area contributed by atoms with Gasteiger partial charge in [0.15, 0.2) is 0 Å². The molecule has 0 aliphatic heterocycles. The molecule has 1 atom stereocenters. The van der Waals surface area contributed by atoms with E-state index in [0.717, 1.165) is 12.2 Å². The standard InChI is InChI=1S/C18H26N2S/c1-12-7-8-16(13(2)9-12)14(3)19-10-15-11-21-17(20-15)18(4,5)6/h7-9,11,14,19H,10H2,1-6H3. The van der Waals surface area contributed by atoms with Crippen molar-refractivity contribution >= 4 is 11.3 Å². The van der Waals surface area contributed by atoms with E-state index in [9.17, 15) is 0 Å². The molecule has 0 fully saturated rings. The third-order valence-corrected chi connectivity index (χ3v) is 4.99. The molecular weight excluding hydrogens is 276 g/mol. The lowest BCUT2D eigenvalue weighted by Crippen LogP contribution is -2.19. The van der Waals surface area contributed by atoms with Crippen LogP contribution < -0.4 is 5.32 Å². The number of nitrogens with zero attached hydrogens (tertiary/aromatic N) is 1. The Morgan fingerprint density at radius 2 is 1.95 bits per heavy atom. The molecule has 2 aromatic rings. The van der Waals surface area contributed by atoms with Crippen molar-refractivity contribution in [1.29, 1.82) is 0 Å². The molecule has 1 aromatic carbocycles. The van der Waals surface area contributed by atoms with Gasteiger partial charge in [-0.05, 0) is 31.9 Å². The Morgan fingerprint density at radius 3 is 2.52 bits per heavy atom. The molecule has 1 aromatic heterocycles. The van der Waals surface area contributed by atoms with Crippen LogP contribution in [0.15, 0.2) is 23.6 Å². The molecule has 2 nitrogen and oxygen atoms in total. The van der Waals surface area contributed by atoms with E-state index in [0.29, 0.717) is 6.04 Å². The maximum Gasteiger partial charge on any atom is 0.0982 e. The van der Waals surface area contributed by atoms with E-state index in [1.807, 2.05) is 0 Å². The number of hydrogen-bond donors (Lipinski definition) is 1. The van der Waals surface area contributed by atoms with Gasteiger partial charge in [0, 0.05) is 23.4 Å². The lowest BCUT2D eigenvalue weighted by molar-refractivity contribution is 0.555. The molecule has 0 aliphatic carbocycles. The minimum absolute atomic E-state index is 0.141. The first-order chi connectivity index (χ1) is 9.77. The topological polar surface area (TPSA) is 24.9 Å². The number of benzene rings is 1. The van der Waals surface area contributed by atoms with Gasteiger partial charge in [-0.25, -0.2) is 4.98 Å². The lowest BCUT2D eigenvalue weighted by atomic mass is 9.98. The molecular formula is C18H26N2S. The second-order valence-electron chi connectivity index (χ2n) is 6.86. The van der Waals surface area contributed by atoms with Crippen LogP contribution in [0, 0.1) is 13.8 Å². The summed E-state index contributed by atoms with van der Waals surface area (Å²) in [7, 11) is 0.